The van der Waals surface area contributed by atoms with E-state index in [1.54, 1.807) is 0 Å². The maximum absolute atomic E-state index is 12.7. The minimum atomic E-state index is 0.0865. The summed E-state index contributed by atoms with van der Waals surface area (Å²) in [6.45, 7) is 3.35. The van der Waals surface area contributed by atoms with Gasteiger partial charge in [0.05, 0.1) is 12.6 Å². The number of nitriles is 1. The summed E-state index contributed by atoms with van der Waals surface area (Å²) < 4.78 is 0. The Morgan fingerprint density at radius 3 is 2.52 bits per heavy atom. The molecule has 1 aliphatic rings. The van der Waals surface area contributed by atoms with E-state index in [0.29, 0.717) is 19.6 Å². The number of amides is 1. The molecule has 2 aromatic rings. The molecule has 0 atom stereocenters. The second-order valence-electron chi connectivity index (χ2n) is 5.25. The Hall–Kier alpha value is -2.38. The highest BCUT2D eigenvalue weighted by atomic mass is 16.2. The molecule has 0 unspecified atom stereocenters. The third-order valence-corrected chi connectivity index (χ3v) is 3.97. The van der Waals surface area contributed by atoms with Gasteiger partial charge in [0.25, 0.3) is 5.91 Å². The second-order valence-corrected chi connectivity index (χ2v) is 5.25. The molecule has 0 radical (unpaired) electrons. The lowest BCUT2D eigenvalue weighted by atomic mass is 10.0. The molecule has 3 rings (SSSR count). The summed E-state index contributed by atoms with van der Waals surface area (Å²) in [5, 5.41) is 10.8. The van der Waals surface area contributed by atoms with Gasteiger partial charge < -0.3 is 4.90 Å². The van der Waals surface area contributed by atoms with Gasteiger partial charge in [0.2, 0.25) is 0 Å². The number of benzene rings is 2. The van der Waals surface area contributed by atoms with E-state index in [2.05, 4.69) is 11.0 Å². The Bertz CT molecular complexity index is 691. The normalized spacial score (nSPS) is 15.9. The van der Waals surface area contributed by atoms with Crippen LogP contribution in [0.25, 0.3) is 10.8 Å². The van der Waals surface area contributed by atoms with Crippen molar-refractivity contribution in [3.63, 3.8) is 0 Å². The van der Waals surface area contributed by atoms with Crippen molar-refractivity contribution in [2.75, 3.05) is 32.7 Å². The molecule has 106 valence electrons. The minimum absolute atomic E-state index is 0.0865. The molecule has 0 N–H and O–H groups in total. The molecule has 2 aromatic carbocycles. The number of nitrogens with zero attached hydrogens (tertiary/aromatic N) is 3. The number of hydrogen-bond donors (Lipinski definition) is 0. The van der Waals surface area contributed by atoms with Crippen molar-refractivity contribution in [1.82, 2.24) is 9.80 Å². The topological polar surface area (TPSA) is 47.3 Å². The summed E-state index contributed by atoms with van der Waals surface area (Å²) in [6.07, 6.45) is 0. The zero-order valence-electron chi connectivity index (χ0n) is 11.8. The van der Waals surface area contributed by atoms with Gasteiger partial charge in [-0.3, -0.25) is 9.69 Å². The van der Waals surface area contributed by atoms with Crippen LogP contribution >= 0.6 is 0 Å². The number of piperazine rings is 1. The van der Waals surface area contributed by atoms with E-state index in [1.807, 2.05) is 47.4 Å². The van der Waals surface area contributed by atoms with Crippen molar-refractivity contribution in [3.05, 3.63) is 48.0 Å². The first-order chi connectivity index (χ1) is 10.3. The van der Waals surface area contributed by atoms with Gasteiger partial charge in [-0.1, -0.05) is 36.4 Å². The van der Waals surface area contributed by atoms with Crippen molar-refractivity contribution < 1.29 is 4.79 Å². The Morgan fingerprint density at radius 2 is 1.76 bits per heavy atom. The minimum Gasteiger partial charge on any atom is -0.336 e. The van der Waals surface area contributed by atoms with Crippen molar-refractivity contribution in [3.8, 4) is 6.07 Å². The van der Waals surface area contributed by atoms with E-state index in [4.69, 9.17) is 5.26 Å². The molecule has 1 fully saturated rings. The number of rotatable bonds is 2. The third kappa shape index (κ3) is 2.74. The summed E-state index contributed by atoms with van der Waals surface area (Å²) >= 11 is 0. The first-order valence-corrected chi connectivity index (χ1v) is 7.16. The van der Waals surface area contributed by atoms with Crippen LogP contribution in [-0.4, -0.2) is 48.4 Å². The van der Waals surface area contributed by atoms with Gasteiger partial charge in [-0.05, 0) is 16.8 Å². The fourth-order valence-electron chi connectivity index (χ4n) is 2.79. The fourth-order valence-corrected chi connectivity index (χ4v) is 2.79. The van der Waals surface area contributed by atoms with Gasteiger partial charge in [0.15, 0.2) is 0 Å². The lowest BCUT2D eigenvalue weighted by Gasteiger charge is -2.33. The standard InChI is InChI=1S/C17H17N3O/c18-8-9-19-10-12-20(13-11-19)17(21)16-7-3-5-14-4-1-2-6-15(14)16/h1-7H,9-13H2. The molecule has 0 aliphatic carbocycles. The van der Waals surface area contributed by atoms with Crippen LogP contribution in [0.15, 0.2) is 42.5 Å². The highest BCUT2D eigenvalue weighted by molar-refractivity contribution is 6.07. The molecular formula is C17H17N3O. The SMILES string of the molecule is N#CCN1CCN(C(=O)c2cccc3ccccc23)CC1. The Labute approximate surface area is 124 Å². The van der Waals surface area contributed by atoms with Crippen LogP contribution in [0.2, 0.25) is 0 Å². The van der Waals surface area contributed by atoms with Crippen molar-refractivity contribution in [2.45, 2.75) is 0 Å². The van der Waals surface area contributed by atoms with Crippen LogP contribution in [0, 0.1) is 11.3 Å². The average molecular weight is 279 g/mol. The van der Waals surface area contributed by atoms with Crippen LogP contribution in [0.1, 0.15) is 10.4 Å². The summed E-state index contributed by atoms with van der Waals surface area (Å²) in [5.41, 5.74) is 0.766. The molecule has 4 nitrogen and oxygen atoms in total. The van der Waals surface area contributed by atoms with Crippen LogP contribution in [0.3, 0.4) is 0 Å². The van der Waals surface area contributed by atoms with Gasteiger partial charge in [-0.15, -0.1) is 0 Å². The molecule has 0 spiro atoms. The van der Waals surface area contributed by atoms with Gasteiger partial charge >= 0.3 is 0 Å². The lowest BCUT2D eigenvalue weighted by Crippen LogP contribution is -2.48. The smallest absolute Gasteiger partial charge is 0.254 e. The Balaban J connectivity index is 1.81. The summed E-state index contributed by atoms with van der Waals surface area (Å²) in [4.78, 5) is 16.7. The van der Waals surface area contributed by atoms with Crippen LogP contribution in [0.4, 0.5) is 0 Å². The lowest BCUT2D eigenvalue weighted by molar-refractivity contribution is 0.0654. The monoisotopic (exact) mass is 279 g/mol. The number of hydrogen-bond acceptors (Lipinski definition) is 3. The van der Waals surface area contributed by atoms with E-state index in [0.717, 1.165) is 29.4 Å². The van der Waals surface area contributed by atoms with E-state index >= 15 is 0 Å². The van der Waals surface area contributed by atoms with E-state index in [9.17, 15) is 4.79 Å². The highest BCUT2D eigenvalue weighted by Gasteiger charge is 2.22. The molecule has 0 saturated carbocycles. The molecule has 21 heavy (non-hydrogen) atoms. The van der Waals surface area contributed by atoms with E-state index in [-0.39, 0.29) is 5.91 Å². The van der Waals surface area contributed by atoms with Crippen LogP contribution in [-0.2, 0) is 0 Å². The zero-order valence-corrected chi connectivity index (χ0v) is 11.8. The van der Waals surface area contributed by atoms with Gasteiger partial charge in [0.1, 0.15) is 0 Å². The number of carbonyl (C=O) groups excluding carboxylic acids is 1. The third-order valence-electron chi connectivity index (χ3n) is 3.97. The van der Waals surface area contributed by atoms with Crippen molar-refractivity contribution in [1.29, 1.82) is 5.26 Å². The van der Waals surface area contributed by atoms with Crippen LogP contribution < -0.4 is 0 Å². The molecule has 0 bridgehead atoms. The first-order valence-electron chi connectivity index (χ1n) is 7.16. The Morgan fingerprint density at radius 1 is 1.05 bits per heavy atom. The number of carbonyl (C=O) groups is 1. The maximum Gasteiger partial charge on any atom is 0.254 e. The average Bonchev–Trinajstić information content (AvgIpc) is 2.55. The quantitative estimate of drug-likeness (QED) is 0.791. The van der Waals surface area contributed by atoms with Gasteiger partial charge in [0, 0.05) is 31.7 Å². The fraction of sp³-hybridized carbons (Fsp3) is 0.294. The van der Waals surface area contributed by atoms with Crippen molar-refractivity contribution >= 4 is 16.7 Å². The highest BCUT2D eigenvalue weighted by Crippen LogP contribution is 2.20. The number of fused-ring (bicyclic) bond motifs is 1. The van der Waals surface area contributed by atoms with Gasteiger partial charge in [-0.25, -0.2) is 0 Å². The molecule has 1 heterocycles. The molecule has 1 amide bonds. The summed E-state index contributed by atoms with van der Waals surface area (Å²) in [5.74, 6) is 0.0865. The summed E-state index contributed by atoms with van der Waals surface area (Å²) in [7, 11) is 0. The molecule has 1 saturated heterocycles. The van der Waals surface area contributed by atoms with Crippen molar-refractivity contribution in [2.24, 2.45) is 0 Å². The predicted octanol–water partition coefficient (Wildman–Crippen LogP) is 2.12. The zero-order chi connectivity index (χ0) is 14.7. The first kappa shape index (κ1) is 13.6. The summed E-state index contributed by atoms with van der Waals surface area (Å²) in [6, 6.07) is 16.0. The van der Waals surface area contributed by atoms with Gasteiger partial charge in [-0.2, -0.15) is 5.26 Å². The predicted molar refractivity (Wildman–Crippen MR) is 81.9 cm³/mol. The maximum atomic E-state index is 12.7. The molecule has 4 heteroatoms. The molecular weight excluding hydrogens is 262 g/mol. The largest absolute Gasteiger partial charge is 0.336 e. The van der Waals surface area contributed by atoms with Crippen LogP contribution in [0.5, 0.6) is 0 Å². The Kier molecular flexibility index (Phi) is 3.85. The molecule has 1 aliphatic heterocycles. The van der Waals surface area contributed by atoms with E-state index in [1.165, 1.54) is 0 Å². The second kappa shape index (κ2) is 5.94. The molecule has 0 aromatic heterocycles. The van der Waals surface area contributed by atoms with E-state index < -0.39 is 0 Å².